The SMILES string of the molecule is Cc1ccc(CN(CC(=O)N2CC(C(=O)NCCc3ccccc3)Oc3ccccc32)S(=O)(=O)c2c(C)cc(C)cc2C)cc1. The Hall–Kier alpha value is -4.47. The first-order valence-corrected chi connectivity index (χ1v) is 16.5. The first-order valence-electron chi connectivity index (χ1n) is 15.0. The van der Waals surface area contributed by atoms with Crippen molar-refractivity contribution in [2.75, 3.05) is 24.5 Å². The Kier molecular flexibility index (Phi) is 9.70. The van der Waals surface area contributed by atoms with Crippen molar-refractivity contribution >= 4 is 27.5 Å². The lowest BCUT2D eigenvalue weighted by Gasteiger charge is -2.35. The second-order valence-corrected chi connectivity index (χ2v) is 13.5. The number of hydrogen-bond donors (Lipinski definition) is 1. The minimum Gasteiger partial charge on any atom is -0.477 e. The van der Waals surface area contributed by atoms with Gasteiger partial charge in [-0.15, -0.1) is 0 Å². The molecule has 1 aliphatic rings. The number of benzene rings is 4. The molecule has 4 aromatic carbocycles. The van der Waals surface area contributed by atoms with Gasteiger partial charge in [0.05, 0.1) is 23.7 Å². The molecule has 0 fully saturated rings. The van der Waals surface area contributed by atoms with Crippen LogP contribution in [0.3, 0.4) is 0 Å². The summed E-state index contributed by atoms with van der Waals surface area (Å²) in [5.74, 6) is -0.405. The molecule has 0 saturated carbocycles. The number of carbonyl (C=O) groups excluding carboxylic acids is 2. The van der Waals surface area contributed by atoms with Gasteiger partial charge in [0, 0.05) is 13.1 Å². The van der Waals surface area contributed by atoms with Gasteiger partial charge >= 0.3 is 0 Å². The van der Waals surface area contributed by atoms with E-state index >= 15 is 0 Å². The molecule has 0 radical (unpaired) electrons. The molecular formula is C36H39N3O5S. The van der Waals surface area contributed by atoms with Gasteiger partial charge in [-0.1, -0.05) is 90.0 Å². The third kappa shape index (κ3) is 7.44. The van der Waals surface area contributed by atoms with Gasteiger partial charge < -0.3 is 15.0 Å². The monoisotopic (exact) mass is 625 g/mol. The second-order valence-electron chi connectivity index (χ2n) is 11.6. The summed E-state index contributed by atoms with van der Waals surface area (Å²) < 4.78 is 35.9. The summed E-state index contributed by atoms with van der Waals surface area (Å²) in [6, 6.07) is 28.1. The zero-order chi connectivity index (χ0) is 32.1. The van der Waals surface area contributed by atoms with Gasteiger partial charge in [-0.3, -0.25) is 9.59 Å². The van der Waals surface area contributed by atoms with Gasteiger partial charge in [-0.25, -0.2) is 8.42 Å². The molecular weight excluding hydrogens is 586 g/mol. The summed E-state index contributed by atoms with van der Waals surface area (Å²) in [5.41, 5.74) is 5.60. The highest BCUT2D eigenvalue weighted by Gasteiger charge is 2.37. The fraction of sp³-hybridized carbons (Fsp3) is 0.278. The van der Waals surface area contributed by atoms with E-state index in [9.17, 15) is 18.0 Å². The Bertz CT molecular complexity index is 1770. The van der Waals surface area contributed by atoms with Crippen LogP contribution in [0.25, 0.3) is 0 Å². The lowest BCUT2D eigenvalue weighted by molar-refractivity contribution is -0.128. The van der Waals surface area contributed by atoms with Crippen molar-refractivity contribution in [2.24, 2.45) is 0 Å². The molecule has 0 bridgehead atoms. The van der Waals surface area contributed by atoms with Gasteiger partial charge in [0.25, 0.3) is 5.91 Å². The number of hydrogen-bond acceptors (Lipinski definition) is 5. The number of nitrogens with one attached hydrogen (secondary N) is 1. The van der Waals surface area contributed by atoms with Crippen LogP contribution < -0.4 is 15.0 Å². The van der Waals surface area contributed by atoms with Crippen LogP contribution in [0.4, 0.5) is 5.69 Å². The molecule has 234 valence electrons. The molecule has 0 aromatic heterocycles. The molecule has 2 amide bonds. The second kappa shape index (κ2) is 13.7. The van der Waals surface area contributed by atoms with E-state index < -0.39 is 28.6 Å². The maximum Gasteiger partial charge on any atom is 0.262 e. The van der Waals surface area contributed by atoms with Gasteiger partial charge in [0.1, 0.15) is 5.75 Å². The fourth-order valence-corrected chi connectivity index (χ4v) is 7.55. The van der Waals surface area contributed by atoms with Crippen LogP contribution in [0.1, 0.15) is 33.4 Å². The molecule has 1 atom stereocenters. The topological polar surface area (TPSA) is 96.0 Å². The third-order valence-corrected chi connectivity index (χ3v) is 10.0. The van der Waals surface area contributed by atoms with Crippen molar-refractivity contribution in [3.63, 3.8) is 0 Å². The van der Waals surface area contributed by atoms with E-state index in [-0.39, 0.29) is 23.9 Å². The highest BCUT2D eigenvalue weighted by molar-refractivity contribution is 7.89. The predicted octanol–water partition coefficient (Wildman–Crippen LogP) is 5.26. The zero-order valence-electron chi connectivity index (χ0n) is 26.1. The average molecular weight is 626 g/mol. The van der Waals surface area contributed by atoms with Crippen LogP contribution in [0.5, 0.6) is 5.75 Å². The molecule has 9 heteroatoms. The average Bonchev–Trinajstić information content (AvgIpc) is 3.01. The van der Waals surface area contributed by atoms with Crippen LogP contribution in [-0.2, 0) is 32.6 Å². The van der Waals surface area contributed by atoms with Gasteiger partial charge in [0.2, 0.25) is 15.9 Å². The summed E-state index contributed by atoms with van der Waals surface area (Å²) in [6.07, 6.45) is -0.300. The molecule has 1 heterocycles. The summed E-state index contributed by atoms with van der Waals surface area (Å²) in [6.45, 7) is 7.40. The summed E-state index contributed by atoms with van der Waals surface area (Å²) in [7, 11) is -4.09. The van der Waals surface area contributed by atoms with Crippen molar-refractivity contribution < 1.29 is 22.7 Å². The largest absolute Gasteiger partial charge is 0.477 e. The Balaban J connectivity index is 1.41. The zero-order valence-corrected chi connectivity index (χ0v) is 26.9. The lowest BCUT2D eigenvalue weighted by atomic mass is 10.1. The number of fused-ring (bicyclic) bond motifs is 1. The normalized spacial score (nSPS) is 14.5. The number of amides is 2. The van der Waals surface area contributed by atoms with E-state index in [0.717, 1.165) is 22.3 Å². The molecule has 0 saturated heterocycles. The number of para-hydroxylation sites is 2. The van der Waals surface area contributed by atoms with E-state index in [1.54, 1.807) is 38.1 Å². The van der Waals surface area contributed by atoms with Gasteiger partial charge in [-0.2, -0.15) is 4.31 Å². The van der Waals surface area contributed by atoms with Gasteiger partial charge in [0.15, 0.2) is 6.10 Å². The number of rotatable bonds is 10. The van der Waals surface area contributed by atoms with Crippen LogP contribution in [0.2, 0.25) is 0 Å². The number of sulfonamides is 1. The van der Waals surface area contributed by atoms with E-state index in [1.165, 1.54) is 9.21 Å². The summed E-state index contributed by atoms with van der Waals surface area (Å²) in [4.78, 5) is 29.0. The lowest BCUT2D eigenvalue weighted by Crippen LogP contribution is -2.53. The smallest absolute Gasteiger partial charge is 0.262 e. The minimum absolute atomic E-state index is 0.0104. The third-order valence-electron chi connectivity index (χ3n) is 7.92. The number of ether oxygens (including phenoxy) is 1. The van der Waals surface area contributed by atoms with E-state index in [0.29, 0.717) is 35.5 Å². The van der Waals surface area contributed by atoms with Crippen LogP contribution in [0.15, 0.2) is 95.9 Å². The first kappa shape index (κ1) is 31.9. The first-order chi connectivity index (χ1) is 21.5. The van der Waals surface area contributed by atoms with Crippen LogP contribution in [0, 0.1) is 27.7 Å². The molecule has 0 spiro atoms. The Morgan fingerprint density at radius 1 is 0.844 bits per heavy atom. The Morgan fingerprint density at radius 2 is 1.49 bits per heavy atom. The van der Waals surface area contributed by atoms with Crippen molar-refractivity contribution in [2.45, 2.75) is 51.7 Å². The highest BCUT2D eigenvalue weighted by atomic mass is 32.2. The quantitative estimate of drug-likeness (QED) is 0.259. The van der Waals surface area contributed by atoms with Gasteiger partial charge in [-0.05, 0) is 68.5 Å². The molecule has 1 aliphatic heterocycles. The molecule has 5 rings (SSSR count). The maximum absolute atomic E-state index is 14.3. The maximum atomic E-state index is 14.3. The molecule has 4 aromatic rings. The number of nitrogens with zero attached hydrogens (tertiary/aromatic N) is 2. The highest BCUT2D eigenvalue weighted by Crippen LogP contribution is 2.34. The number of anilines is 1. The van der Waals surface area contributed by atoms with Crippen molar-refractivity contribution in [3.8, 4) is 5.75 Å². The summed E-state index contributed by atoms with van der Waals surface area (Å²) >= 11 is 0. The minimum atomic E-state index is -4.09. The summed E-state index contributed by atoms with van der Waals surface area (Å²) in [5, 5.41) is 2.92. The van der Waals surface area contributed by atoms with Crippen LogP contribution >= 0.6 is 0 Å². The molecule has 45 heavy (non-hydrogen) atoms. The van der Waals surface area contributed by atoms with E-state index in [1.807, 2.05) is 80.6 Å². The van der Waals surface area contributed by atoms with Crippen molar-refractivity contribution in [1.29, 1.82) is 0 Å². The Labute approximate surface area is 265 Å². The molecule has 1 unspecified atom stereocenters. The molecule has 0 aliphatic carbocycles. The number of aryl methyl sites for hydroxylation is 4. The van der Waals surface area contributed by atoms with Crippen LogP contribution in [-0.4, -0.2) is 50.3 Å². The Morgan fingerprint density at radius 3 is 2.18 bits per heavy atom. The fourth-order valence-electron chi connectivity index (χ4n) is 5.76. The predicted molar refractivity (Wildman–Crippen MR) is 176 cm³/mol. The van der Waals surface area contributed by atoms with Crippen molar-refractivity contribution in [1.82, 2.24) is 9.62 Å². The number of carbonyl (C=O) groups is 2. The molecule has 1 N–H and O–H groups in total. The van der Waals surface area contributed by atoms with E-state index in [2.05, 4.69) is 5.32 Å². The standard InChI is InChI=1S/C36H39N3O5S/c1-25-14-16-30(17-15-25)22-38(45(42,43)35-27(3)20-26(2)21-28(35)4)24-34(40)39-23-33(44-32-13-9-8-12-31(32)39)36(41)37-19-18-29-10-6-5-7-11-29/h5-17,20-21,33H,18-19,22-24H2,1-4H3,(H,37,41). The molecule has 8 nitrogen and oxygen atoms in total. The van der Waals surface area contributed by atoms with Crippen molar-refractivity contribution in [3.05, 3.63) is 124 Å². The van der Waals surface area contributed by atoms with E-state index in [4.69, 9.17) is 4.74 Å².